The van der Waals surface area contributed by atoms with E-state index in [4.69, 9.17) is 5.90 Å². The number of nitrogens with two attached hydrogens (primary N) is 1. The van der Waals surface area contributed by atoms with E-state index in [1.807, 2.05) is 0 Å². The second-order valence-electron chi connectivity index (χ2n) is 2.62. The molecule has 54 valence electrons. The first-order valence-electron chi connectivity index (χ1n) is 3.40. The normalized spacial score (nSPS) is 22.0. The van der Waals surface area contributed by atoms with E-state index in [0.29, 0.717) is 12.3 Å². The minimum atomic E-state index is 0.388. The molecule has 0 amide bonds. The summed E-state index contributed by atoms with van der Waals surface area (Å²) in [5.41, 5.74) is 0.388. The molecule has 0 atom stereocenters. The minimum absolute atomic E-state index is 0.388. The summed E-state index contributed by atoms with van der Waals surface area (Å²) in [6.45, 7) is 2.66. The highest BCUT2D eigenvalue weighted by Gasteiger charge is 2.39. The van der Waals surface area contributed by atoms with Crippen molar-refractivity contribution in [2.24, 2.45) is 5.90 Å². The monoisotopic (exact) mass is 130 g/mol. The molecule has 1 saturated carbocycles. The van der Waals surface area contributed by atoms with Crippen LogP contribution >= 0.6 is 0 Å². The molecule has 3 nitrogen and oxygen atoms in total. The average Bonchev–Trinajstić information content (AvgIpc) is 2.65. The molecule has 0 aromatic rings. The van der Waals surface area contributed by atoms with Crippen molar-refractivity contribution in [3.8, 4) is 0 Å². The lowest BCUT2D eigenvalue weighted by atomic mass is 10.2. The Morgan fingerprint density at radius 2 is 2.33 bits per heavy atom. The van der Waals surface area contributed by atoms with Gasteiger partial charge in [-0.3, -0.25) is 10.2 Å². The van der Waals surface area contributed by atoms with E-state index in [1.54, 1.807) is 0 Å². The lowest BCUT2D eigenvalue weighted by Crippen LogP contribution is -2.33. The first-order valence-corrected chi connectivity index (χ1v) is 3.40. The molecule has 0 heterocycles. The van der Waals surface area contributed by atoms with E-state index in [1.165, 1.54) is 19.3 Å². The lowest BCUT2D eigenvalue weighted by molar-refractivity contribution is 0.106. The molecule has 0 saturated heterocycles. The Bertz CT molecular complexity index is 91.1. The van der Waals surface area contributed by atoms with Gasteiger partial charge in [-0.15, -0.1) is 0 Å². The fourth-order valence-electron chi connectivity index (χ4n) is 1.00. The van der Waals surface area contributed by atoms with Crippen LogP contribution in [0.5, 0.6) is 0 Å². The number of rotatable bonds is 4. The smallest absolute Gasteiger partial charge is 0.118 e. The standard InChI is InChI=1S/C6H14N2O/c1-2-6(3-4-6)8-5-9-7/h8H,2-5,7H2,1H3. The maximum Gasteiger partial charge on any atom is 0.118 e. The summed E-state index contributed by atoms with van der Waals surface area (Å²) in [6.07, 6.45) is 3.72. The van der Waals surface area contributed by atoms with Crippen LogP contribution in [0.3, 0.4) is 0 Å². The third-order valence-corrected chi connectivity index (χ3v) is 2.06. The molecule has 0 radical (unpaired) electrons. The third-order valence-electron chi connectivity index (χ3n) is 2.06. The number of nitrogens with one attached hydrogen (secondary N) is 1. The van der Waals surface area contributed by atoms with E-state index in [2.05, 4.69) is 17.1 Å². The van der Waals surface area contributed by atoms with Gasteiger partial charge < -0.3 is 0 Å². The molecule has 1 rings (SSSR count). The maximum absolute atomic E-state index is 4.86. The Balaban J connectivity index is 2.10. The van der Waals surface area contributed by atoms with Crippen molar-refractivity contribution in [2.45, 2.75) is 31.7 Å². The van der Waals surface area contributed by atoms with E-state index >= 15 is 0 Å². The van der Waals surface area contributed by atoms with E-state index in [9.17, 15) is 0 Å². The van der Waals surface area contributed by atoms with Crippen molar-refractivity contribution in [3.05, 3.63) is 0 Å². The Kier molecular flexibility index (Phi) is 2.05. The predicted molar refractivity (Wildman–Crippen MR) is 35.5 cm³/mol. The Labute approximate surface area is 55.5 Å². The summed E-state index contributed by atoms with van der Waals surface area (Å²) in [6, 6.07) is 0. The first-order chi connectivity index (χ1) is 4.33. The van der Waals surface area contributed by atoms with Gasteiger partial charge in [0.05, 0.1) is 0 Å². The zero-order chi connectivity index (χ0) is 6.74. The van der Waals surface area contributed by atoms with Crippen LogP contribution in [0.15, 0.2) is 0 Å². The lowest BCUT2D eigenvalue weighted by Gasteiger charge is -2.12. The van der Waals surface area contributed by atoms with E-state index in [-0.39, 0.29) is 0 Å². The summed E-state index contributed by atoms with van der Waals surface area (Å²) >= 11 is 0. The van der Waals surface area contributed by atoms with Crippen molar-refractivity contribution in [1.82, 2.24) is 5.32 Å². The van der Waals surface area contributed by atoms with Crippen LogP contribution < -0.4 is 11.2 Å². The predicted octanol–water partition coefficient (Wildman–Crippen LogP) is 0.366. The molecule has 3 N–H and O–H groups in total. The van der Waals surface area contributed by atoms with Crippen LogP contribution in [0.2, 0.25) is 0 Å². The van der Waals surface area contributed by atoms with Gasteiger partial charge >= 0.3 is 0 Å². The molecule has 1 aliphatic carbocycles. The summed E-state index contributed by atoms with van der Waals surface area (Å²) in [7, 11) is 0. The minimum Gasteiger partial charge on any atom is -0.289 e. The molecule has 0 aromatic carbocycles. The van der Waals surface area contributed by atoms with Crippen LogP contribution in [0.25, 0.3) is 0 Å². The summed E-state index contributed by atoms with van der Waals surface area (Å²) in [5, 5.41) is 3.22. The Morgan fingerprint density at radius 1 is 1.67 bits per heavy atom. The second kappa shape index (κ2) is 2.64. The van der Waals surface area contributed by atoms with E-state index in [0.717, 1.165) is 0 Å². The van der Waals surface area contributed by atoms with Crippen LogP contribution in [-0.2, 0) is 4.84 Å². The molecule has 1 fully saturated rings. The van der Waals surface area contributed by atoms with Gasteiger partial charge in [0.25, 0.3) is 0 Å². The third kappa shape index (κ3) is 1.64. The Morgan fingerprint density at radius 3 is 2.67 bits per heavy atom. The first kappa shape index (κ1) is 6.99. The van der Waals surface area contributed by atoms with Crippen molar-refractivity contribution >= 4 is 0 Å². The van der Waals surface area contributed by atoms with Crippen molar-refractivity contribution in [2.75, 3.05) is 6.73 Å². The topological polar surface area (TPSA) is 47.3 Å². The average molecular weight is 130 g/mol. The van der Waals surface area contributed by atoms with Gasteiger partial charge in [-0.05, 0) is 19.3 Å². The molecule has 3 heteroatoms. The van der Waals surface area contributed by atoms with Gasteiger partial charge in [0.2, 0.25) is 0 Å². The molecule has 9 heavy (non-hydrogen) atoms. The summed E-state index contributed by atoms with van der Waals surface area (Å²) in [4.78, 5) is 4.41. The zero-order valence-corrected chi connectivity index (χ0v) is 5.81. The highest BCUT2D eigenvalue weighted by atomic mass is 16.6. The summed E-state index contributed by atoms with van der Waals surface area (Å²) < 4.78 is 0. The SMILES string of the molecule is CCC1(NCON)CC1. The maximum atomic E-state index is 4.86. The van der Waals surface area contributed by atoms with Crippen molar-refractivity contribution in [3.63, 3.8) is 0 Å². The molecule has 0 bridgehead atoms. The Hall–Kier alpha value is -0.120. The fraction of sp³-hybridized carbons (Fsp3) is 1.00. The van der Waals surface area contributed by atoms with Crippen LogP contribution in [0.4, 0.5) is 0 Å². The van der Waals surface area contributed by atoms with Gasteiger partial charge in [-0.2, -0.15) is 0 Å². The van der Waals surface area contributed by atoms with Crippen LogP contribution in [0, 0.1) is 0 Å². The zero-order valence-electron chi connectivity index (χ0n) is 5.81. The number of hydrogen-bond acceptors (Lipinski definition) is 3. The highest BCUT2D eigenvalue weighted by molar-refractivity contribution is 4.99. The second-order valence-corrected chi connectivity index (χ2v) is 2.62. The van der Waals surface area contributed by atoms with Crippen molar-refractivity contribution < 1.29 is 4.84 Å². The molecule has 0 unspecified atom stereocenters. The molecular weight excluding hydrogens is 116 g/mol. The largest absolute Gasteiger partial charge is 0.289 e. The fourth-order valence-corrected chi connectivity index (χ4v) is 1.00. The van der Waals surface area contributed by atoms with Gasteiger partial charge in [0, 0.05) is 5.54 Å². The number of hydrogen-bond donors (Lipinski definition) is 2. The molecule has 0 spiro atoms. The quantitative estimate of drug-likeness (QED) is 0.427. The van der Waals surface area contributed by atoms with Crippen molar-refractivity contribution in [1.29, 1.82) is 0 Å². The van der Waals surface area contributed by atoms with Crippen LogP contribution in [0.1, 0.15) is 26.2 Å². The van der Waals surface area contributed by atoms with Crippen LogP contribution in [-0.4, -0.2) is 12.3 Å². The highest BCUT2D eigenvalue weighted by Crippen LogP contribution is 2.37. The van der Waals surface area contributed by atoms with Gasteiger partial charge in [-0.1, -0.05) is 6.92 Å². The molecule has 0 aromatic heterocycles. The van der Waals surface area contributed by atoms with Gasteiger partial charge in [0.1, 0.15) is 6.73 Å². The van der Waals surface area contributed by atoms with Gasteiger partial charge in [-0.25, -0.2) is 5.90 Å². The summed E-state index contributed by atoms with van der Waals surface area (Å²) in [5.74, 6) is 4.86. The van der Waals surface area contributed by atoms with Gasteiger partial charge in [0.15, 0.2) is 0 Å². The molecule has 1 aliphatic rings. The molecular formula is C6H14N2O. The molecule has 0 aliphatic heterocycles. The van der Waals surface area contributed by atoms with E-state index < -0.39 is 0 Å².